The van der Waals surface area contributed by atoms with Crippen LogP contribution in [0.1, 0.15) is 58.3 Å². The summed E-state index contributed by atoms with van der Waals surface area (Å²) in [6, 6.07) is 2.43. The molecule has 2 aliphatic heterocycles. The Morgan fingerprint density at radius 2 is 2.04 bits per heavy atom. The van der Waals surface area contributed by atoms with Crippen molar-refractivity contribution in [3.63, 3.8) is 0 Å². The van der Waals surface area contributed by atoms with E-state index in [1.165, 1.54) is 17.6 Å². The number of fused-ring (bicyclic) bond motifs is 2. The molecule has 3 aliphatic rings. The lowest BCUT2D eigenvalue weighted by atomic mass is 9.65. The molecule has 4 unspecified atom stereocenters. The van der Waals surface area contributed by atoms with E-state index in [1.54, 1.807) is 12.1 Å². The summed E-state index contributed by atoms with van der Waals surface area (Å²) in [7, 11) is -2.26. The molecule has 1 saturated carbocycles. The molecule has 2 bridgehead atoms. The number of amides is 1. The third-order valence-corrected chi connectivity index (χ3v) is 8.03. The summed E-state index contributed by atoms with van der Waals surface area (Å²) in [5, 5.41) is 0. The number of hydrogen-bond donors (Lipinski definition) is 1. The van der Waals surface area contributed by atoms with Gasteiger partial charge in [0.05, 0.1) is 12.3 Å². The van der Waals surface area contributed by atoms with Gasteiger partial charge in [-0.05, 0) is 48.6 Å². The Kier molecular flexibility index (Phi) is 4.25. The molecule has 1 aromatic heterocycles. The molecule has 4 atom stereocenters. The van der Waals surface area contributed by atoms with Gasteiger partial charge in [-0.2, -0.15) is 17.4 Å². The lowest BCUT2D eigenvalue weighted by Crippen LogP contribution is -2.58. The van der Waals surface area contributed by atoms with Gasteiger partial charge < -0.3 is 9.32 Å². The molecule has 1 N–H and O–H groups in total. The monoisotopic (exact) mass is 395 g/mol. The zero-order chi connectivity index (χ0) is 19.6. The van der Waals surface area contributed by atoms with Crippen LogP contribution in [0.4, 0.5) is 0 Å². The second-order valence-corrected chi connectivity index (χ2v) is 11.4. The Balaban J connectivity index is 1.60. The summed E-state index contributed by atoms with van der Waals surface area (Å²) in [5.41, 5.74) is 0.322. The first-order valence-corrected chi connectivity index (χ1v) is 11.0. The van der Waals surface area contributed by atoms with Crippen molar-refractivity contribution >= 4 is 16.1 Å². The normalized spacial score (nSPS) is 38.1. The number of likely N-dealkylation sites (tertiary alicyclic amines) is 1. The van der Waals surface area contributed by atoms with Crippen LogP contribution < -0.4 is 4.72 Å². The predicted molar refractivity (Wildman–Crippen MR) is 101 cm³/mol. The average molecular weight is 396 g/mol. The first-order chi connectivity index (χ1) is 12.5. The molecule has 1 aliphatic carbocycles. The van der Waals surface area contributed by atoms with Crippen molar-refractivity contribution in [2.24, 2.45) is 10.8 Å². The van der Waals surface area contributed by atoms with Gasteiger partial charge in [-0.25, -0.2) is 0 Å². The van der Waals surface area contributed by atoms with Crippen molar-refractivity contribution in [1.29, 1.82) is 0 Å². The summed E-state index contributed by atoms with van der Waals surface area (Å²) in [4.78, 5) is 15.4. The number of furan rings is 1. The van der Waals surface area contributed by atoms with Gasteiger partial charge in [0.15, 0.2) is 0 Å². The minimum atomic E-state index is -3.74. The second-order valence-electron chi connectivity index (χ2n) is 9.64. The lowest BCUT2D eigenvalue weighted by molar-refractivity contribution is -0.137. The van der Waals surface area contributed by atoms with Gasteiger partial charge in [-0.1, -0.05) is 20.8 Å². The van der Waals surface area contributed by atoms with E-state index in [2.05, 4.69) is 25.5 Å². The van der Waals surface area contributed by atoms with Gasteiger partial charge in [-0.15, -0.1) is 0 Å². The minimum Gasteiger partial charge on any atom is -0.468 e. The Morgan fingerprint density at radius 1 is 1.30 bits per heavy atom. The third kappa shape index (κ3) is 3.32. The standard InChI is InChI=1S/C19H29N3O4S/c1-18(2)9-13-10-19(3,11-18)12-22(13)17(23)15-8-14(16-6-5-7-26-16)20-27(24,25)21(15)4/h5-7,13-15,20H,8-12H2,1-4H3. The highest BCUT2D eigenvalue weighted by atomic mass is 32.2. The van der Waals surface area contributed by atoms with Crippen LogP contribution >= 0.6 is 0 Å². The van der Waals surface area contributed by atoms with Crippen LogP contribution in [-0.4, -0.2) is 49.2 Å². The summed E-state index contributed by atoms with van der Waals surface area (Å²) >= 11 is 0. The van der Waals surface area contributed by atoms with E-state index in [0.717, 1.165) is 19.3 Å². The number of rotatable bonds is 2. The lowest BCUT2D eigenvalue weighted by Gasteiger charge is -2.40. The molecule has 7 nitrogen and oxygen atoms in total. The van der Waals surface area contributed by atoms with Gasteiger partial charge >= 0.3 is 0 Å². The van der Waals surface area contributed by atoms with E-state index in [9.17, 15) is 13.2 Å². The van der Waals surface area contributed by atoms with Crippen molar-refractivity contribution < 1.29 is 17.6 Å². The van der Waals surface area contributed by atoms with Crippen LogP contribution in [-0.2, 0) is 15.0 Å². The first kappa shape index (κ1) is 19.0. The third-order valence-electron chi connectivity index (χ3n) is 6.44. The van der Waals surface area contributed by atoms with E-state index >= 15 is 0 Å². The summed E-state index contributed by atoms with van der Waals surface area (Å²) in [6.07, 6.45) is 4.95. The number of likely N-dealkylation sites (N-methyl/N-ethyl adjacent to an activating group) is 1. The summed E-state index contributed by atoms with van der Waals surface area (Å²) < 4.78 is 34.4. The van der Waals surface area contributed by atoms with Crippen molar-refractivity contribution in [3.8, 4) is 0 Å². The molecule has 2 saturated heterocycles. The van der Waals surface area contributed by atoms with E-state index < -0.39 is 22.3 Å². The molecule has 3 heterocycles. The Labute approximate surface area is 161 Å². The second kappa shape index (κ2) is 6.06. The number of nitrogens with zero attached hydrogens (tertiary/aromatic N) is 2. The molecule has 27 heavy (non-hydrogen) atoms. The molecule has 4 rings (SSSR count). The topological polar surface area (TPSA) is 82.9 Å². The summed E-state index contributed by atoms with van der Waals surface area (Å²) in [6.45, 7) is 7.49. The van der Waals surface area contributed by atoms with Crippen molar-refractivity contribution in [1.82, 2.24) is 13.9 Å². The quantitative estimate of drug-likeness (QED) is 0.833. The van der Waals surface area contributed by atoms with Gasteiger partial charge in [0.2, 0.25) is 5.91 Å². The molecule has 0 spiro atoms. The molecule has 8 heteroatoms. The van der Waals surface area contributed by atoms with Crippen LogP contribution in [0.2, 0.25) is 0 Å². The molecular weight excluding hydrogens is 366 g/mol. The molecular formula is C19H29N3O4S. The van der Waals surface area contributed by atoms with E-state index in [4.69, 9.17) is 4.42 Å². The number of carbonyl (C=O) groups excluding carboxylic acids is 1. The molecule has 3 fully saturated rings. The van der Waals surface area contributed by atoms with E-state index in [1.807, 2.05) is 4.90 Å². The zero-order valence-corrected chi connectivity index (χ0v) is 17.3. The highest BCUT2D eigenvalue weighted by Gasteiger charge is 2.53. The fourth-order valence-electron chi connectivity index (χ4n) is 5.68. The highest BCUT2D eigenvalue weighted by Crippen LogP contribution is 2.52. The van der Waals surface area contributed by atoms with Crippen LogP contribution in [0.25, 0.3) is 0 Å². The number of carbonyl (C=O) groups is 1. The van der Waals surface area contributed by atoms with Crippen molar-refractivity contribution in [3.05, 3.63) is 24.2 Å². The molecule has 150 valence electrons. The highest BCUT2D eigenvalue weighted by molar-refractivity contribution is 7.87. The van der Waals surface area contributed by atoms with Gasteiger partial charge in [0.25, 0.3) is 10.2 Å². The zero-order valence-electron chi connectivity index (χ0n) is 16.4. The first-order valence-electron chi connectivity index (χ1n) is 9.59. The Hall–Kier alpha value is -1.38. The van der Waals surface area contributed by atoms with Crippen LogP contribution in [0.3, 0.4) is 0 Å². The van der Waals surface area contributed by atoms with E-state index in [0.29, 0.717) is 18.7 Å². The van der Waals surface area contributed by atoms with Crippen LogP contribution in [0.5, 0.6) is 0 Å². The Morgan fingerprint density at radius 3 is 2.70 bits per heavy atom. The average Bonchev–Trinajstić information content (AvgIpc) is 3.14. The van der Waals surface area contributed by atoms with Crippen molar-refractivity contribution in [2.75, 3.05) is 13.6 Å². The maximum absolute atomic E-state index is 13.5. The largest absolute Gasteiger partial charge is 0.468 e. The van der Waals surface area contributed by atoms with Gasteiger partial charge in [0.1, 0.15) is 11.8 Å². The smallest absolute Gasteiger partial charge is 0.280 e. The SMILES string of the molecule is CN1C(C(=O)N2CC3(C)CC2CC(C)(C)C3)CC(c2ccco2)NS1(=O)=O. The molecule has 0 radical (unpaired) electrons. The fraction of sp³-hybridized carbons (Fsp3) is 0.737. The van der Waals surface area contributed by atoms with Crippen molar-refractivity contribution in [2.45, 2.75) is 64.6 Å². The minimum absolute atomic E-state index is 0.0782. The van der Waals surface area contributed by atoms with Gasteiger partial charge in [-0.3, -0.25) is 4.79 Å². The van der Waals surface area contributed by atoms with E-state index in [-0.39, 0.29) is 22.8 Å². The fourth-order valence-corrected chi connectivity index (χ4v) is 6.93. The maximum atomic E-state index is 13.5. The number of nitrogens with one attached hydrogen (secondary N) is 1. The van der Waals surface area contributed by atoms with Crippen LogP contribution in [0.15, 0.2) is 22.8 Å². The molecule has 0 aromatic carbocycles. The maximum Gasteiger partial charge on any atom is 0.280 e. The predicted octanol–water partition coefficient (Wildman–Crippen LogP) is 2.29. The molecule has 1 amide bonds. The van der Waals surface area contributed by atoms with Gasteiger partial charge in [0, 0.05) is 19.6 Å². The molecule has 1 aromatic rings. The Bertz CT molecular complexity index is 835. The number of hydrogen-bond acceptors (Lipinski definition) is 4. The summed E-state index contributed by atoms with van der Waals surface area (Å²) in [5.74, 6) is 0.461. The van der Waals surface area contributed by atoms with Crippen LogP contribution in [0, 0.1) is 10.8 Å².